The first-order valence-corrected chi connectivity index (χ1v) is 3.95. The van der Waals surface area contributed by atoms with E-state index in [1.54, 1.807) is 0 Å². The van der Waals surface area contributed by atoms with Gasteiger partial charge in [0.15, 0.2) is 0 Å². The maximum Gasteiger partial charge on any atom is 0.117 e. The van der Waals surface area contributed by atoms with E-state index >= 15 is 0 Å². The normalized spacial score (nSPS) is 45.8. The van der Waals surface area contributed by atoms with Crippen LogP contribution in [0, 0.1) is 30.1 Å². The van der Waals surface area contributed by atoms with Gasteiger partial charge in [0, 0.05) is 0 Å². The number of aliphatic hydroxyl groups excluding tert-OH is 1. The Morgan fingerprint density at radius 3 is 2.40 bits per heavy atom. The van der Waals surface area contributed by atoms with Crippen LogP contribution >= 0.6 is 0 Å². The molecule has 2 fully saturated rings. The molecule has 3 atom stereocenters. The fourth-order valence-electron chi connectivity index (χ4n) is 2.16. The first-order valence-electron chi connectivity index (χ1n) is 3.95. The third-order valence-corrected chi connectivity index (χ3v) is 2.90. The molecule has 2 aliphatic carbocycles. The molecule has 0 amide bonds. The van der Waals surface area contributed by atoms with Crippen molar-refractivity contribution in [3.63, 3.8) is 0 Å². The molecule has 0 spiro atoms. The van der Waals surface area contributed by atoms with Crippen LogP contribution in [0.3, 0.4) is 0 Å². The van der Waals surface area contributed by atoms with Crippen molar-refractivity contribution < 1.29 is 5.11 Å². The molecule has 0 aromatic heterocycles. The van der Waals surface area contributed by atoms with E-state index in [0.717, 1.165) is 11.8 Å². The van der Waals surface area contributed by atoms with Crippen molar-refractivity contribution in [3.8, 4) is 12.3 Å². The van der Waals surface area contributed by atoms with Crippen LogP contribution in [0.1, 0.15) is 19.3 Å². The van der Waals surface area contributed by atoms with Crippen molar-refractivity contribution in [2.24, 2.45) is 17.8 Å². The number of rotatable bonds is 1. The smallest absolute Gasteiger partial charge is 0.117 e. The van der Waals surface area contributed by atoms with Gasteiger partial charge in [-0.3, -0.25) is 0 Å². The van der Waals surface area contributed by atoms with E-state index < -0.39 is 6.10 Å². The summed E-state index contributed by atoms with van der Waals surface area (Å²) in [5.41, 5.74) is 0. The van der Waals surface area contributed by atoms with Gasteiger partial charge in [-0.15, -0.1) is 6.42 Å². The lowest BCUT2D eigenvalue weighted by Crippen LogP contribution is -2.16. The summed E-state index contributed by atoms with van der Waals surface area (Å²) in [4.78, 5) is 0. The molecule has 0 aliphatic heterocycles. The van der Waals surface area contributed by atoms with Crippen LogP contribution in [0.5, 0.6) is 0 Å². The van der Waals surface area contributed by atoms with Crippen LogP contribution in [-0.4, -0.2) is 11.2 Å². The maximum absolute atomic E-state index is 9.26. The molecule has 0 heterocycles. The van der Waals surface area contributed by atoms with Crippen molar-refractivity contribution in [2.75, 3.05) is 0 Å². The molecule has 0 saturated heterocycles. The predicted octanol–water partition coefficient (Wildman–Crippen LogP) is 1.03. The summed E-state index contributed by atoms with van der Waals surface area (Å²) in [5, 5.41) is 9.26. The van der Waals surface area contributed by atoms with E-state index in [2.05, 4.69) is 5.92 Å². The molecule has 1 N–H and O–H groups in total. The van der Waals surface area contributed by atoms with Gasteiger partial charge in [0.05, 0.1) is 0 Å². The summed E-state index contributed by atoms with van der Waals surface area (Å²) in [6, 6.07) is 0. The molecule has 1 nitrogen and oxygen atoms in total. The van der Waals surface area contributed by atoms with Gasteiger partial charge in [-0.25, -0.2) is 0 Å². The number of hydrogen-bond donors (Lipinski definition) is 1. The molecule has 10 heavy (non-hydrogen) atoms. The van der Waals surface area contributed by atoms with Crippen LogP contribution in [0.4, 0.5) is 0 Å². The number of terminal acetylenes is 1. The quantitative estimate of drug-likeness (QED) is 0.534. The topological polar surface area (TPSA) is 20.2 Å². The molecule has 0 aromatic carbocycles. The number of fused-ring (bicyclic) bond motifs is 1. The van der Waals surface area contributed by atoms with E-state index in [1.807, 2.05) is 0 Å². The van der Waals surface area contributed by atoms with Gasteiger partial charge in [0.2, 0.25) is 0 Å². The van der Waals surface area contributed by atoms with Gasteiger partial charge in [-0.05, 0) is 37.0 Å². The Balaban J connectivity index is 1.92. The standard InChI is InChI=1S/C9H12O/c1-2-9(10)8-4-6-3-7(6)5-8/h1,6-10H,3-5H2. The summed E-state index contributed by atoms with van der Waals surface area (Å²) in [6.45, 7) is 0. The average molecular weight is 136 g/mol. The second-order valence-corrected chi connectivity index (χ2v) is 3.60. The number of aliphatic hydroxyl groups is 1. The highest BCUT2D eigenvalue weighted by molar-refractivity contribution is 5.05. The van der Waals surface area contributed by atoms with Crippen molar-refractivity contribution in [1.82, 2.24) is 0 Å². The maximum atomic E-state index is 9.26. The molecule has 0 bridgehead atoms. The Kier molecular flexibility index (Phi) is 1.25. The lowest BCUT2D eigenvalue weighted by atomic mass is 9.97. The number of hydrogen-bond acceptors (Lipinski definition) is 1. The molecule has 2 rings (SSSR count). The molecule has 2 aliphatic rings. The van der Waals surface area contributed by atoms with Gasteiger partial charge in [0.1, 0.15) is 6.10 Å². The van der Waals surface area contributed by atoms with Crippen LogP contribution < -0.4 is 0 Å². The second kappa shape index (κ2) is 2.00. The minimum Gasteiger partial charge on any atom is -0.380 e. The average Bonchev–Trinajstić information content (AvgIpc) is 2.57. The minimum atomic E-state index is -0.465. The molecule has 1 heteroatoms. The summed E-state index contributed by atoms with van der Waals surface area (Å²) in [7, 11) is 0. The van der Waals surface area contributed by atoms with Crippen LogP contribution in [0.25, 0.3) is 0 Å². The van der Waals surface area contributed by atoms with Gasteiger partial charge in [-0.1, -0.05) is 5.92 Å². The van der Waals surface area contributed by atoms with Gasteiger partial charge < -0.3 is 5.11 Å². The Morgan fingerprint density at radius 2 is 1.90 bits per heavy atom. The molecule has 2 saturated carbocycles. The van der Waals surface area contributed by atoms with Crippen molar-refractivity contribution in [1.29, 1.82) is 0 Å². The third-order valence-electron chi connectivity index (χ3n) is 2.90. The largest absolute Gasteiger partial charge is 0.380 e. The second-order valence-electron chi connectivity index (χ2n) is 3.60. The highest BCUT2D eigenvalue weighted by atomic mass is 16.3. The molecule has 3 unspecified atom stereocenters. The van der Waals surface area contributed by atoms with E-state index in [9.17, 15) is 5.11 Å². The fourth-order valence-corrected chi connectivity index (χ4v) is 2.16. The van der Waals surface area contributed by atoms with Crippen molar-refractivity contribution in [2.45, 2.75) is 25.4 Å². The van der Waals surface area contributed by atoms with E-state index in [4.69, 9.17) is 6.42 Å². The van der Waals surface area contributed by atoms with E-state index in [1.165, 1.54) is 19.3 Å². The predicted molar refractivity (Wildman–Crippen MR) is 39.2 cm³/mol. The van der Waals surface area contributed by atoms with E-state index in [0.29, 0.717) is 5.92 Å². The molecular weight excluding hydrogens is 124 g/mol. The summed E-state index contributed by atoms with van der Waals surface area (Å²) < 4.78 is 0. The Labute approximate surface area is 61.4 Å². The van der Waals surface area contributed by atoms with Crippen molar-refractivity contribution in [3.05, 3.63) is 0 Å². The van der Waals surface area contributed by atoms with Crippen LogP contribution in [-0.2, 0) is 0 Å². The SMILES string of the molecule is C#CC(O)C1CC2CC2C1. The highest BCUT2D eigenvalue weighted by Gasteiger charge is 2.47. The third kappa shape index (κ3) is 0.839. The Bertz CT molecular complexity index is 170. The fraction of sp³-hybridized carbons (Fsp3) is 0.778. The monoisotopic (exact) mass is 136 g/mol. The van der Waals surface area contributed by atoms with Crippen LogP contribution in [0.15, 0.2) is 0 Å². The summed E-state index contributed by atoms with van der Waals surface area (Å²) >= 11 is 0. The zero-order chi connectivity index (χ0) is 7.14. The first kappa shape index (κ1) is 6.24. The molecule has 0 aromatic rings. The minimum absolute atomic E-state index is 0.425. The molecule has 0 radical (unpaired) electrons. The lowest BCUT2D eigenvalue weighted by molar-refractivity contribution is 0.156. The first-order chi connectivity index (χ1) is 4.81. The van der Waals surface area contributed by atoms with Gasteiger partial charge >= 0.3 is 0 Å². The Morgan fingerprint density at radius 1 is 1.30 bits per heavy atom. The molecule has 54 valence electrons. The lowest BCUT2D eigenvalue weighted by Gasteiger charge is -2.12. The summed E-state index contributed by atoms with van der Waals surface area (Å²) in [6.07, 6.45) is 8.40. The van der Waals surface area contributed by atoms with E-state index in [-0.39, 0.29) is 0 Å². The highest BCUT2D eigenvalue weighted by Crippen LogP contribution is 2.54. The van der Waals surface area contributed by atoms with Crippen LogP contribution in [0.2, 0.25) is 0 Å². The zero-order valence-corrected chi connectivity index (χ0v) is 5.96. The molecular formula is C9H12O. The zero-order valence-electron chi connectivity index (χ0n) is 5.96. The van der Waals surface area contributed by atoms with Crippen molar-refractivity contribution >= 4 is 0 Å². The van der Waals surface area contributed by atoms with Gasteiger partial charge in [0.25, 0.3) is 0 Å². The van der Waals surface area contributed by atoms with Gasteiger partial charge in [-0.2, -0.15) is 0 Å². The summed E-state index contributed by atoms with van der Waals surface area (Å²) in [5.74, 6) is 4.68. The Hall–Kier alpha value is -0.480.